The minimum absolute atomic E-state index is 0.0635. The summed E-state index contributed by atoms with van der Waals surface area (Å²) in [6.07, 6.45) is 3.22. The summed E-state index contributed by atoms with van der Waals surface area (Å²) in [6.45, 7) is 0.228. The van der Waals surface area contributed by atoms with Gasteiger partial charge in [0.1, 0.15) is 5.75 Å². The molecule has 1 aromatic heterocycles. The molecule has 2 heterocycles. The highest BCUT2D eigenvalue weighted by Gasteiger charge is 2.20. The zero-order valence-corrected chi connectivity index (χ0v) is 19.2. The van der Waals surface area contributed by atoms with Crippen molar-refractivity contribution in [2.75, 3.05) is 5.32 Å². The van der Waals surface area contributed by atoms with Crippen LogP contribution in [0.2, 0.25) is 5.02 Å². The normalized spacial score (nSPS) is 12.2. The Bertz CT molecular complexity index is 1430. The highest BCUT2D eigenvalue weighted by molar-refractivity contribution is 7.99. The van der Waals surface area contributed by atoms with Gasteiger partial charge in [0.2, 0.25) is 0 Å². The van der Waals surface area contributed by atoms with Crippen LogP contribution in [0.15, 0.2) is 82.8 Å². The molecule has 4 aromatic rings. The molecule has 0 bridgehead atoms. The minimum atomic E-state index is -0.283. The lowest BCUT2D eigenvalue weighted by Gasteiger charge is -2.10. The molecule has 7 nitrogen and oxygen atoms in total. The first-order valence-electron chi connectivity index (χ1n) is 10.3. The van der Waals surface area contributed by atoms with Gasteiger partial charge in [-0.25, -0.2) is 9.97 Å². The number of nitrogens with zero attached hydrogens (tertiary/aromatic N) is 2. The maximum Gasteiger partial charge on any atom is 0.256 e. The molecule has 9 heteroatoms. The number of hydrogen-bond acceptors (Lipinski definition) is 6. The van der Waals surface area contributed by atoms with Crippen LogP contribution in [0.3, 0.4) is 0 Å². The van der Waals surface area contributed by atoms with E-state index in [0.29, 0.717) is 38.8 Å². The lowest BCUT2D eigenvalue weighted by Crippen LogP contribution is -2.23. The van der Waals surface area contributed by atoms with Crippen molar-refractivity contribution in [2.24, 2.45) is 0 Å². The molecule has 0 aliphatic carbocycles. The van der Waals surface area contributed by atoms with Crippen LogP contribution < -0.4 is 10.6 Å². The van der Waals surface area contributed by atoms with Gasteiger partial charge >= 0.3 is 0 Å². The molecule has 0 saturated carbocycles. The summed E-state index contributed by atoms with van der Waals surface area (Å²) in [7, 11) is 0. The third kappa shape index (κ3) is 4.46. The molecule has 0 spiro atoms. The van der Waals surface area contributed by atoms with Crippen LogP contribution in [0.25, 0.3) is 11.4 Å². The van der Waals surface area contributed by atoms with E-state index in [1.54, 1.807) is 36.7 Å². The molecule has 1 aliphatic heterocycles. The fourth-order valence-electron chi connectivity index (χ4n) is 3.46. The van der Waals surface area contributed by atoms with Crippen LogP contribution in [-0.4, -0.2) is 26.9 Å². The predicted octanol–water partition coefficient (Wildman–Crippen LogP) is 5.15. The number of amides is 2. The van der Waals surface area contributed by atoms with Crippen LogP contribution in [0.1, 0.15) is 26.3 Å². The Balaban J connectivity index is 1.27. The van der Waals surface area contributed by atoms with E-state index in [-0.39, 0.29) is 24.1 Å². The summed E-state index contributed by atoms with van der Waals surface area (Å²) in [5.41, 5.74) is 2.94. The zero-order valence-electron chi connectivity index (χ0n) is 17.6. The quantitative estimate of drug-likeness (QED) is 0.367. The number of hydrogen-bond donors (Lipinski definition) is 3. The number of phenols is 1. The fourth-order valence-corrected chi connectivity index (χ4v) is 4.73. The van der Waals surface area contributed by atoms with Gasteiger partial charge in [-0.05, 0) is 48.5 Å². The number of carbonyl (C=O) groups is 2. The summed E-state index contributed by atoms with van der Waals surface area (Å²) in [4.78, 5) is 35.7. The zero-order chi connectivity index (χ0) is 23.7. The van der Waals surface area contributed by atoms with Gasteiger partial charge in [0, 0.05) is 45.4 Å². The molecule has 168 valence electrons. The lowest BCUT2D eigenvalue weighted by atomic mass is 10.1. The van der Waals surface area contributed by atoms with Crippen molar-refractivity contribution in [3.8, 4) is 17.1 Å². The molecule has 1 aliphatic rings. The van der Waals surface area contributed by atoms with Gasteiger partial charge in [0.15, 0.2) is 5.82 Å². The minimum Gasteiger partial charge on any atom is -0.508 e. The van der Waals surface area contributed by atoms with Crippen molar-refractivity contribution >= 4 is 40.9 Å². The number of aromatic hydroxyl groups is 1. The Morgan fingerprint density at radius 1 is 1.00 bits per heavy atom. The van der Waals surface area contributed by atoms with Crippen molar-refractivity contribution in [1.82, 2.24) is 15.3 Å². The Labute approximate surface area is 204 Å². The van der Waals surface area contributed by atoms with Crippen LogP contribution in [0.5, 0.6) is 5.75 Å². The van der Waals surface area contributed by atoms with E-state index in [1.807, 2.05) is 24.3 Å². The molecule has 5 rings (SSSR count). The van der Waals surface area contributed by atoms with E-state index < -0.39 is 0 Å². The number of benzene rings is 3. The van der Waals surface area contributed by atoms with Crippen LogP contribution in [0, 0.1) is 0 Å². The third-order valence-electron chi connectivity index (χ3n) is 5.19. The van der Waals surface area contributed by atoms with E-state index in [0.717, 1.165) is 9.79 Å². The summed E-state index contributed by atoms with van der Waals surface area (Å²) in [6, 6.07) is 17.2. The smallest absolute Gasteiger partial charge is 0.256 e. The number of carbonyl (C=O) groups excluding carboxylic acids is 2. The van der Waals surface area contributed by atoms with Crippen molar-refractivity contribution in [3.05, 3.63) is 94.8 Å². The largest absolute Gasteiger partial charge is 0.508 e. The molecule has 0 atom stereocenters. The first-order chi connectivity index (χ1) is 16.5. The van der Waals surface area contributed by atoms with Crippen LogP contribution in [-0.2, 0) is 6.54 Å². The summed E-state index contributed by atoms with van der Waals surface area (Å²) >= 11 is 7.63. The number of halogens is 1. The SMILES string of the molecule is O=C(NCc1cnc(-c2ccc(O)cc2Cl)nc1)c1ccc2c(c1)NC(=O)c1ccccc1S2. The van der Waals surface area contributed by atoms with Crippen molar-refractivity contribution < 1.29 is 14.7 Å². The second-order valence-electron chi connectivity index (χ2n) is 7.53. The Morgan fingerprint density at radius 3 is 2.59 bits per heavy atom. The molecule has 0 radical (unpaired) electrons. The van der Waals surface area contributed by atoms with Gasteiger partial charge in [-0.15, -0.1) is 0 Å². The van der Waals surface area contributed by atoms with Crippen molar-refractivity contribution in [3.63, 3.8) is 0 Å². The number of fused-ring (bicyclic) bond motifs is 2. The average Bonchev–Trinajstić information content (AvgIpc) is 2.98. The first-order valence-corrected chi connectivity index (χ1v) is 11.5. The molecule has 0 fully saturated rings. The third-order valence-corrected chi connectivity index (χ3v) is 6.66. The monoisotopic (exact) mass is 488 g/mol. The molecule has 3 aromatic carbocycles. The van der Waals surface area contributed by atoms with Crippen LogP contribution in [0.4, 0.5) is 5.69 Å². The van der Waals surface area contributed by atoms with Crippen molar-refractivity contribution in [2.45, 2.75) is 16.3 Å². The predicted molar refractivity (Wildman–Crippen MR) is 130 cm³/mol. The van der Waals surface area contributed by atoms with Gasteiger partial charge in [-0.1, -0.05) is 35.5 Å². The molecular weight excluding hydrogens is 472 g/mol. The van der Waals surface area contributed by atoms with E-state index in [9.17, 15) is 14.7 Å². The Hall–Kier alpha value is -3.88. The Kier molecular flexibility index (Phi) is 5.91. The lowest BCUT2D eigenvalue weighted by molar-refractivity contribution is 0.0949. The maximum absolute atomic E-state index is 12.7. The van der Waals surface area contributed by atoms with Gasteiger partial charge in [-0.2, -0.15) is 0 Å². The Morgan fingerprint density at radius 2 is 1.79 bits per heavy atom. The van der Waals surface area contributed by atoms with E-state index >= 15 is 0 Å². The fraction of sp³-hybridized carbons (Fsp3) is 0.0400. The van der Waals surface area contributed by atoms with E-state index in [4.69, 9.17) is 11.6 Å². The van der Waals surface area contributed by atoms with E-state index in [2.05, 4.69) is 20.6 Å². The molecule has 3 N–H and O–H groups in total. The summed E-state index contributed by atoms with van der Waals surface area (Å²) in [5.74, 6) is -0.00603. The first kappa shape index (κ1) is 21.9. The molecule has 34 heavy (non-hydrogen) atoms. The molecule has 0 saturated heterocycles. The van der Waals surface area contributed by atoms with Crippen LogP contribution >= 0.6 is 23.4 Å². The number of nitrogens with one attached hydrogen (secondary N) is 2. The van der Waals surface area contributed by atoms with Gasteiger partial charge in [0.05, 0.1) is 16.3 Å². The second kappa shape index (κ2) is 9.17. The average molecular weight is 489 g/mol. The summed E-state index contributed by atoms with van der Waals surface area (Å²) in [5, 5.41) is 15.6. The van der Waals surface area contributed by atoms with E-state index in [1.165, 1.54) is 23.9 Å². The molecular formula is C25H17ClN4O3S. The number of aromatic nitrogens is 2. The summed E-state index contributed by atoms with van der Waals surface area (Å²) < 4.78 is 0. The number of phenolic OH excluding ortho intramolecular Hbond substituents is 1. The second-order valence-corrected chi connectivity index (χ2v) is 9.02. The molecule has 0 unspecified atom stereocenters. The number of rotatable bonds is 4. The highest BCUT2D eigenvalue weighted by Crippen LogP contribution is 2.39. The van der Waals surface area contributed by atoms with Gasteiger partial charge < -0.3 is 15.7 Å². The maximum atomic E-state index is 12.7. The van der Waals surface area contributed by atoms with Gasteiger partial charge in [0.25, 0.3) is 11.8 Å². The van der Waals surface area contributed by atoms with Gasteiger partial charge in [-0.3, -0.25) is 9.59 Å². The number of anilines is 1. The molecule has 2 amide bonds. The van der Waals surface area contributed by atoms with Crippen molar-refractivity contribution in [1.29, 1.82) is 0 Å². The highest BCUT2D eigenvalue weighted by atomic mass is 35.5. The standard InChI is InChI=1S/C25H17ClN4O3S/c26-19-10-16(31)6-7-17(19)23-27-11-14(12-28-23)13-29-24(32)15-5-8-22-20(9-15)30-25(33)18-3-1-2-4-21(18)34-22/h1-12,31H,13H2,(H,29,32)(H,30,33). The topological polar surface area (TPSA) is 104 Å².